The summed E-state index contributed by atoms with van der Waals surface area (Å²) in [4.78, 5) is 29.1. The van der Waals surface area contributed by atoms with Gasteiger partial charge in [0.1, 0.15) is 5.82 Å². The number of anilines is 1. The smallest absolute Gasteiger partial charge is 0.238 e. The van der Waals surface area contributed by atoms with E-state index < -0.39 is 0 Å². The fraction of sp³-hybridized carbons (Fsp3) is 0.417. The number of para-hydroxylation sites is 1. The third-order valence-corrected chi connectivity index (χ3v) is 5.69. The SMILES string of the molecule is Cc1cccc(C)c1NC(=O)CN1CCN(CC(=O)N[C@@H](C)c2ccc(F)cc2)CC1. The van der Waals surface area contributed by atoms with Gasteiger partial charge in [0.25, 0.3) is 0 Å². The van der Waals surface area contributed by atoms with E-state index in [2.05, 4.69) is 20.4 Å². The summed E-state index contributed by atoms with van der Waals surface area (Å²) in [6.45, 7) is 9.46. The van der Waals surface area contributed by atoms with E-state index in [1.165, 1.54) is 12.1 Å². The Morgan fingerprint density at radius 3 is 1.97 bits per heavy atom. The summed E-state index contributed by atoms with van der Waals surface area (Å²) in [5.41, 5.74) is 3.87. The Hall–Kier alpha value is -2.77. The summed E-state index contributed by atoms with van der Waals surface area (Å²) in [7, 11) is 0. The van der Waals surface area contributed by atoms with Crippen molar-refractivity contribution in [1.29, 1.82) is 0 Å². The topological polar surface area (TPSA) is 64.7 Å². The molecule has 1 aliphatic heterocycles. The Morgan fingerprint density at radius 2 is 1.42 bits per heavy atom. The first-order chi connectivity index (χ1) is 14.8. The van der Waals surface area contributed by atoms with Crippen LogP contribution in [0.5, 0.6) is 0 Å². The molecule has 2 aromatic rings. The molecule has 1 saturated heterocycles. The zero-order valence-electron chi connectivity index (χ0n) is 18.5. The first kappa shape index (κ1) is 22.9. The minimum Gasteiger partial charge on any atom is -0.348 e. The van der Waals surface area contributed by atoms with Gasteiger partial charge in [0.15, 0.2) is 0 Å². The highest BCUT2D eigenvalue weighted by Crippen LogP contribution is 2.19. The van der Waals surface area contributed by atoms with E-state index in [4.69, 9.17) is 0 Å². The normalized spacial score (nSPS) is 16.0. The van der Waals surface area contributed by atoms with Gasteiger partial charge in [-0.15, -0.1) is 0 Å². The minimum absolute atomic E-state index is 0.0169. The molecule has 1 aliphatic rings. The van der Waals surface area contributed by atoms with Crippen molar-refractivity contribution < 1.29 is 14.0 Å². The summed E-state index contributed by atoms with van der Waals surface area (Å²) in [5.74, 6) is -0.363. The molecule has 2 N–H and O–H groups in total. The molecule has 0 aromatic heterocycles. The van der Waals surface area contributed by atoms with Crippen LogP contribution < -0.4 is 10.6 Å². The molecule has 3 rings (SSSR count). The summed E-state index contributed by atoms with van der Waals surface area (Å²) in [6.07, 6.45) is 0. The standard InChI is InChI=1S/C24H31FN4O2/c1-17-5-4-6-18(2)24(17)27-23(31)16-29-13-11-28(12-14-29)15-22(30)26-19(3)20-7-9-21(25)10-8-20/h4-10,19H,11-16H2,1-3H3,(H,26,30)(H,27,31)/t19-/m0/s1. The maximum absolute atomic E-state index is 13.1. The van der Waals surface area contributed by atoms with Crippen LogP contribution in [0.15, 0.2) is 42.5 Å². The highest BCUT2D eigenvalue weighted by Gasteiger charge is 2.21. The van der Waals surface area contributed by atoms with Gasteiger partial charge in [0.05, 0.1) is 19.1 Å². The lowest BCUT2D eigenvalue weighted by atomic mass is 10.1. The number of hydrogen-bond donors (Lipinski definition) is 2. The predicted molar refractivity (Wildman–Crippen MR) is 120 cm³/mol. The molecule has 2 aromatic carbocycles. The van der Waals surface area contributed by atoms with E-state index in [0.29, 0.717) is 13.1 Å². The average Bonchev–Trinajstić information content (AvgIpc) is 2.72. The molecule has 6 nitrogen and oxygen atoms in total. The van der Waals surface area contributed by atoms with Crippen LogP contribution in [0, 0.1) is 19.7 Å². The Morgan fingerprint density at radius 1 is 0.903 bits per heavy atom. The lowest BCUT2D eigenvalue weighted by Crippen LogP contribution is -2.51. The Bertz CT molecular complexity index is 888. The van der Waals surface area contributed by atoms with Crippen molar-refractivity contribution >= 4 is 17.5 Å². The molecule has 0 spiro atoms. The second kappa shape index (κ2) is 10.5. The Labute approximate surface area is 183 Å². The highest BCUT2D eigenvalue weighted by atomic mass is 19.1. The fourth-order valence-corrected chi connectivity index (χ4v) is 3.82. The van der Waals surface area contributed by atoms with Crippen molar-refractivity contribution in [3.63, 3.8) is 0 Å². The molecule has 0 unspecified atom stereocenters. The van der Waals surface area contributed by atoms with Crippen LogP contribution >= 0.6 is 0 Å². The molecular formula is C24H31FN4O2. The summed E-state index contributed by atoms with van der Waals surface area (Å²) in [5, 5.41) is 5.99. The van der Waals surface area contributed by atoms with E-state index in [-0.39, 0.29) is 23.7 Å². The number of aryl methyl sites for hydroxylation is 2. The second-order valence-electron chi connectivity index (χ2n) is 8.21. The van der Waals surface area contributed by atoms with Crippen LogP contribution in [-0.2, 0) is 9.59 Å². The van der Waals surface area contributed by atoms with Crippen LogP contribution in [-0.4, -0.2) is 60.9 Å². The molecular weight excluding hydrogens is 395 g/mol. The third kappa shape index (κ3) is 6.60. The number of benzene rings is 2. The number of carbonyl (C=O) groups is 2. The molecule has 0 aliphatic carbocycles. The number of amides is 2. The number of halogens is 1. The number of piperazine rings is 1. The quantitative estimate of drug-likeness (QED) is 0.715. The second-order valence-corrected chi connectivity index (χ2v) is 8.21. The number of rotatable bonds is 7. The van der Waals surface area contributed by atoms with Crippen LogP contribution in [0.1, 0.15) is 29.7 Å². The van der Waals surface area contributed by atoms with Crippen molar-refractivity contribution in [3.05, 3.63) is 65.0 Å². The van der Waals surface area contributed by atoms with E-state index in [1.807, 2.05) is 39.0 Å². The number of carbonyl (C=O) groups excluding carboxylic acids is 2. The van der Waals surface area contributed by atoms with Crippen LogP contribution in [0.4, 0.5) is 10.1 Å². The number of nitrogens with one attached hydrogen (secondary N) is 2. The van der Waals surface area contributed by atoms with E-state index >= 15 is 0 Å². The van der Waals surface area contributed by atoms with Gasteiger partial charge >= 0.3 is 0 Å². The van der Waals surface area contributed by atoms with Crippen LogP contribution in [0.2, 0.25) is 0 Å². The largest absolute Gasteiger partial charge is 0.348 e. The van der Waals surface area contributed by atoms with Crippen molar-refractivity contribution in [3.8, 4) is 0 Å². The van der Waals surface area contributed by atoms with E-state index in [0.717, 1.165) is 48.6 Å². The third-order valence-electron chi connectivity index (χ3n) is 5.69. The van der Waals surface area contributed by atoms with Gasteiger partial charge in [0.2, 0.25) is 11.8 Å². The first-order valence-corrected chi connectivity index (χ1v) is 10.7. The van der Waals surface area contributed by atoms with Crippen molar-refractivity contribution in [1.82, 2.24) is 15.1 Å². The molecule has 0 saturated carbocycles. The lowest BCUT2D eigenvalue weighted by molar-refractivity contribution is -0.124. The van der Waals surface area contributed by atoms with Crippen molar-refractivity contribution in [2.24, 2.45) is 0 Å². The van der Waals surface area contributed by atoms with Gasteiger partial charge < -0.3 is 10.6 Å². The Balaban J connectivity index is 1.40. The van der Waals surface area contributed by atoms with Gasteiger partial charge in [-0.1, -0.05) is 30.3 Å². The lowest BCUT2D eigenvalue weighted by Gasteiger charge is -2.34. The van der Waals surface area contributed by atoms with Gasteiger partial charge in [-0.05, 0) is 49.6 Å². The molecule has 1 heterocycles. The zero-order chi connectivity index (χ0) is 22.4. The number of hydrogen-bond acceptors (Lipinski definition) is 4. The predicted octanol–water partition coefficient (Wildman–Crippen LogP) is 2.88. The zero-order valence-corrected chi connectivity index (χ0v) is 18.5. The van der Waals surface area contributed by atoms with E-state index in [1.54, 1.807) is 12.1 Å². The fourth-order valence-electron chi connectivity index (χ4n) is 3.82. The average molecular weight is 427 g/mol. The van der Waals surface area contributed by atoms with Gasteiger partial charge in [0, 0.05) is 31.9 Å². The summed E-state index contributed by atoms with van der Waals surface area (Å²) >= 11 is 0. The van der Waals surface area contributed by atoms with Crippen LogP contribution in [0.25, 0.3) is 0 Å². The summed E-state index contributed by atoms with van der Waals surface area (Å²) in [6, 6.07) is 11.9. The molecule has 166 valence electrons. The van der Waals surface area contributed by atoms with Crippen LogP contribution in [0.3, 0.4) is 0 Å². The van der Waals surface area contributed by atoms with Crippen molar-refractivity contribution in [2.45, 2.75) is 26.8 Å². The maximum atomic E-state index is 13.1. The van der Waals surface area contributed by atoms with Gasteiger partial charge in [-0.25, -0.2) is 4.39 Å². The Kier molecular flexibility index (Phi) is 7.76. The summed E-state index contributed by atoms with van der Waals surface area (Å²) < 4.78 is 13.1. The highest BCUT2D eigenvalue weighted by molar-refractivity contribution is 5.93. The molecule has 1 atom stereocenters. The monoisotopic (exact) mass is 426 g/mol. The molecule has 0 radical (unpaired) electrons. The van der Waals surface area contributed by atoms with Crippen molar-refractivity contribution in [2.75, 3.05) is 44.6 Å². The minimum atomic E-state index is -0.289. The van der Waals surface area contributed by atoms with E-state index in [9.17, 15) is 14.0 Å². The molecule has 2 amide bonds. The maximum Gasteiger partial charge on any atom is 0.238 e. The molecule has 7 heteroatoms. The first-order valence-electron chi connectivity index (χ1n) is 10.7. The molecule has 31 heavy (non-hydrogen) atoms. The number of nitrogens with zero attached hydrogens (tertiary/aromatic N) is 2. The van der Waals surface area contributed by atoms with Gasteiger partial charge in [-0.3, -0.25) is 19.4 Å². The van der Waals surface area contributed by atoms with Gasteiger partial charge in [-0.2, -0.15) is 0 Å². The molecule has 1 fully saturated rings. The molecule has 0 bridgehead atoms.